The van der Waals surface area contributed by atoms with Crippen molar-refractivity contribution >= 4 is 5.76 Å². The standard InChI is InChI=1S/C12H12O2/c1-2-6-11-10(5-1)12-9(8-14-11)4-3-7-13-12/h1-2,5-6H,3-4,7-8H2. The summed E-state index contributed by atoms with van der Waals surface area (Å²) in [5, 5.41) is 0. The fraction of sp³-hybridized carbons (Fsp3) is 0.333. The number of para-hydroxylation sites is 1. The molecule has 0 saturated carbocycles. The van der Waals surface area contributed by atoms with E-state index in [1.165, 1.54) is 5.57 Å². The summed E-state index contributed by atoms with van der Waals surface area (Å²) in [7, 11) is 0. The summed E-state index contributed by atoms with van der Waals surface area (Å²) in [6, 6.07) is 8.08. The average Bonchev–Trinajstić information content (AvgIpc) is 2.29. The van der Waals surface area contributed by atoms with Gasteiger partial charge in [-0.25, -0.2) is 0 Å². The Kier molecular flexibility index (Phi) is 1.72. The maximum atomic E-state index is 5.71. The monoisotopic (exact) mass is 188 g/mol. The normalized spacial score (nSPS) is 19.1. The van der Waals surface area contributed by atoms with Crippen LogP contribution >= 0.6 is 0 Å². The van der Waals surface area contributed by atoms with E-state index in [2.05, 4.69) is 6.07 Å². The van der Waals surface area contributed by atoms with Gasteiger partial charge in [0.15, 0.2) is 0 Å². The predicted octanol–water partition coefficient (Wildman–Crippen LogP) is 2.60. The molecule has 72 valence electrons. The highest BCUT2D eigenvalue weighted by molar-refractivity contribution is 5.70. The molecule has 2 heteroatoms. The topological polar surface area (TPSA) is 18.5 Å². The van der Waals surface area contributed by atoms with Gasteiger partial charge >= 0.3 is 0 Å². The molecular formula is C12H12O2. The highest BCUT2D eigenvalue weighted by Crippen LogP contribution is 2.37. The van der Waals surface area contributed by atoms with Gasteiger partial charge in [0.2, 0.25) is 0 Å². The predicted molar refractivity (Wildman–Crippen MR) is 54.0 cm³/mol. The van der Waals surface area contributed by atoms with E-state index in [9.17, 15) is 0 Å². The molecule has 0 aliphatic carbocycles. The molecule has 14 heavy (non-hydrogen) atoms. The number of fused-ring (bicyclic) bond motifs is 2. The molecule has 2 aliphatic rings. The van der Waals surface area contributed by atoms with E-state index in [-0.39, 0.29) is 0 Å². The quantitative estimate of drug-likeness (QED) is 0.623. The van der Waals surface area contributed by atoms with Gasteiger partial charge in [0.25, 0.3) is 0 Å². The van der Waals surface area contributed by atoms with Gasteiger partial charge in [-0.2, -0.15) is 0 Å². The molecule has 0 saturated heterocycles. The lowest BCUT2D eigenvalue weighted by Gasteiger charge is -2.27. The molecule has 2 nitrogen and oxygen atoms in total. The summed E-state index contributed by atoms with van der Waals surface area (Å²) in [5.74, 6) is 2.02. The Morgan fingerprint density at radius 2 is 2.00 bits per heavy atom. The number of hydrogen-bond acceptors (Lipinski definition) is 2. The molecule has 2 heterocycles. The van der Waals surface area contributed by atoms with Crippen molar-refractivity contribution in [1.29, 1.82) is 0 Å². The molecule has 0 fully saturated rings. The molecule has 0 unspecified atom stereocenters. The van der Waals surface area contributed by atoms with Crippen molar-refractivity contribution in [3.63, 3.8) is 0 Å². The summed E-state index contributed by atoms with van der Waals surface area (Å²) < 4.78 is 11.4. The highest BCUT2D eigenvalue weighted by atomic mass is 16.5. The first-order valence-electron chi connectivity index (χ1n) is 5.02. The molecule has 0 bridgehead atoms. The van der Waals surface area contributed by atoms with Crippen molar-refractivity contribution in [2.75, 3.05) is 13.2 Å². The Labute approximate surface area is 83.1 Å². The summed E-state index contributed by atoms with van der Waals surface area (Å²) in [4.78, 5) is 0. The first-order chi connectivity index (χ1) is 6.95. The minimum atomic E-state index is 0.701. The van der Waals surface area contributed by atoms with Crippen molar-refractivity contribution in [2.24, 2.45) is 0 Å². The van der Waals surface area contributed by atoms with E-state index in [4.69, 9.17) is 9.47 Å². The summed E-state index contributed by atoms with van der Waals surface area (Å²) in [5.41, 5.74) is 2.43. The Morgan fingerprint density at radius 1 is 1.07 bits per heavy atom. The third-order valence-corrected chi connectivity index (χ3v) is 2.72. The van der Waals surface area contributed by atoms with Gasteiger partial charge in [-0.3, -0.25) is 0 Å². The van der Waals surface area contributed by atoms with Crippen molar-refractivity contribution < 1.29 is 9.47 Å². The Hall–Kier alpha value is -1.44. The van der Waals surface area contributed by atoms with E-state index in [0.717, 1.165) is 36.5 Å². The van der Waals surface area contributed by atoms with Crippen LogP contribution < -0.4 is 4.74 Å². The SMILES string of the molecule is c1ccc2c(c1)OCC1=C2OCCC1. The van der Waals surface area contributed by atoms with Crippen LogP contribution in [0.15, 0.2) is 29.8 Å². The first kappa shape index (κ1) is 7.92. The maximum absolute atomic E-state index is 5.71. The zero-order chi connectivity index (χ0) is 9.38. The second-order valence-electron chi connectivity index (χ2n) is 3.67. The second kappa shape index (κ2) is 3.05. The molecule has 3 rings (SSSR count). The van der Waals surface area contributed by atoms with E-state index >= 15 is 0 Å². The molecule has 0 amide bonds. The van der Waals surface area contributed by atoms with Gasteiger partial charge in [-0.05, 0) is 25.0 Å². The van der Waals surface area contributed by atoms with Crippen LogP contribution in [0.25, 0.3) is 5.76 Å². The fourth-order valence-electron chi connectivity index (χ4n) is 2.03. The molecule has 2 aliphatic heterocycles. The molecule has 0 radical (unpaired) electrons. The van der Waals surface area contributed by atoms with Crippen molar-refractivity contribution in [3.8, 4) is 5.75 Å². The number of benzene rings is 1. The smallest absolute Gasteiger partial charge is 0.132 e. The summed E-state index contributed by atoms with van der Waals surface area (Å²) >= 11 is 0. The Bertz CT molecular complexity index is 393. The highest BCUT2D eigenvalue weighted by Gasteiger charge is 2.23. The van der Waals surface area contributed by atoms with Crippen LogP contribution in [0.4, 0.5) is 0 Å². The van der Waals surface area contributed by atoms with E-state index in [1.807, 2.05) is 18.2 Å². The third kappa shape index (κ3) is 1.10. The lowest BCUT2D eigenvalue weighted by molar-refractivity contribution is 0.228. The van der Waals surface area contributed by atoms with Crippen molar-refractivity contribution in [1.82, 2.24) is 0 Å². The van der Waals surface area contributed by atoms with Crippen molar-refractivity contribution in [2.45, 2.75) is 12.8 Å². The summed E-state index contributed by atoms with van der Waals surface area (Å²) in [6.07, 6.45) is 2.23. The largest absolute Gasteiger partial charge is 0.493 e. The molecule has 0 aromatic heterocycles. The Morgan fingerprint density at radius 3 is 3.00 bits per heavy atom. The van der Waals surface area contributed by atoms with Gasteiger partial charge in [-0.15, -0.1) is 0 Å². The lowest BCUT2D eigenvalue weighted by Crippen LogP contribution is -2.17. The zero-order valence-corrected chi connectivity index (χ0v) is 7.95. The summed E-state index contributed by atoms with van der Waals surface area (Å²) in [6.45, 7) is 1.54. The van der Waals surface area contributed by atoms with Crippen molar-refractivity contribution in [3.05, 3.63) is 35.4 Å². The molecular weight excluding hydrogens is 176 g/mol. The minimum Gasteiger partial charge on any atom is -0.493 e. The van der Waals surface area contributed by atoms with Crippen LogP contribution in [-0.4, -0.2) is 13.2 Å². The zero-order valence-electron chi connectivity index (χ0n) is 7.95. The molecule has 1 aromatic rings. The van der Waals surface area contributed by atoms with Gasteiger partial charge in [0, 0.05) is 5.57 Å². The minimum absolute atomic E-state index is 0.701. The van der Waals surface area contributed by atoms with E-state index in [1.54, 1.807) is 0 Å². The van der Waals surface area contributed by atoms with Gasteiger partial charge in [-0.1, -0.05) is 12.1 Å². The van der Waals surface area contributed by atoms with Crippen LogP contribution in [0.3, 0.4) is 0 Å². The lowest BCUT2D eigenvalue weighted by atomic mass is 10.00. The van der Waals surface area contributed by atoms with Gasteiger partial charge in [0.1, 0.15) is 18.1 Å². The maximum Gasteiger partial charge on any atom is 0.132 e. The fourth-order valence-corrected chi connectivity index (χ4v) is 2.03. The van der Waals surface area contributed by atoms with E-state index < -0.39 is 0 Å². The van der Waals surface area contributed by atoms with Crippen LogP contribution in [0.2, 0.25) is 0 Å². The third-order valence-electron chi connectivity index (χ3n) is 2.72. The Balaban J connectivity index is 2.13. The molecule has 0 N–H and O–H groups in total. The van der Waals surface area contributed by atoms with Crippen LogP contribution in [-0.2, 0) is 4.74 Å². The number of ether oxygens (including phenoxy) is 2. The van der Waals surface area contributed by atoms with Gasteiger partial charge in [0.05, 0.1) is 12.2 Å². The first-order valence-corrected chi connectivity index (χ1v) is 5.02. The molecule has 1 aromatic carbocycles. The van der Waals surface area contributed by atoms with Crippen LogP contribution in [0.5, 0.6) is 5.75 Å². The average molecular weight is 188 g/mol. The molecule has 0 atom stereocenters. The van der Waals surface area contributed by atoms with Crippen LogP contribution in [0, 0.1) is 0 Å². The second-order valence-corrected chi connectivity index (χ2v) is 3.67. The van der Waals surface area contributed by atoms with Crippen LogP contribution in [0.1, 0.15) is 18.4 Å². The molecule has 0 spiro atoms. The van der Waals surface area contributed by atoms with Gasteiger partial charge < -0.3 is 9.47 Å². The van der Waals surface area contributed by atoms with E-state index in [0.29, 0.717) is 6.61 Å². The number of rotatable bonds is 0. The number of hydrogen-bond donors (Lipinski definition) is 0.